The number of halogens is 1. The molecule has 0 radical (unpaired) electrons. The summed E-state index contributed by atoms with van der Waals surface area (Å²) in [4.78, 5) is 0.459. The van der Waals surface area contributed by atoms with Gasteiger partial charge in [0.15, 0.2) is 0 Å². The number of aromatic nitrogens is 1. The summed E-state index contributed by atoms with van der Waals surface area (Å²) in [6.45, 7) is 2.08. The number of aryl methyl sites for hydroxylation is 2. The Labute approximate surface area is 141 Å². The third-order valence-corrected chi connectivity index (χ3v) is 7.47. The summed E-state index contributed by atoms with van der Waals surface area (Å²) in [6.07, 6.45) is 0.884. The summed E-state index contributed by atoms with van der Waals surface area (Å²) in [6, 6.07) is 9.06. The Balaban J connectivity index is 2.24. The first-order chi connectivity index (χ1) is 10.4. The number of sulfonamides is 1. The Hall–Kier alpha value is -1.15. The number of rotatable bonds is 3. The van der Waals surface area contributed by atoms with Gasteiger partial charge in [0, 0.05) is 7.05 Å². The molecule has 2 aromatic heterocycles. The number of fused-ring (bicyclic) bond motifs is 1. The minimum absolute atomic E-state index is 0.158. The van der Waals surface area contributed by atoms with Gasteiger partial charge in [-0.3, -0.25) is 0 Å². The van der Waals surface area contributed by atoms with Crippen LogP contribution in [0.25, 0.3) is 10.2 Å². The number of nitrogens with zero attached hydrogens (tertiary/aromatic N) is 2. The van der Waals surface area contributed by atoms with Gasteiger partial charge < -0.3 is 4.57 Å². The molecule has 0 aliphatic heterocycles. The molecule has 0 bridgehead atoms. The minimum atomic E-state index is -3.73. The molecule has 1 aromatic carbocycles. The summed E-state index contributed by atoms with van der Waals surface area (Å²) in [5.74, 6) is 0. The Morgan fingerprint density at radius 2 is 2.00 bits per heavy atom. The van der Waals surface area contributed by atoms with Gasteiger partial charge in [0.05, 0.1) is 14.6 Å². The zero-order valence-corrected chi connectivity index (χ0v) is 15.1. The second kappa shape index (κ2) is 5.81. The van der Waals surface area contributed by atoms with Gasteiger partial charge in [-0.15, -0.1) is 15.7 Å². The van der Waals surface area contributed by atoms with Gasteiger partial charge in [0.25, 0.3) is 10.0 Å². The molecule has 3 rings (SSSR count). The largest absolute Gasteiger partial charge is 0.319 e. The summed E-state index contributed by atoms with van der Waals surface area (Å²) in [5, 5.41) is 0. The van der Waals surface area contributed by atoms with E-state index in [1.54, 1.807) is 6.07 Å². The van der Waals surface area contributed by atoms with Crippen LogP contribution < -0.4 is 4.80 Å². The normalized spacial score (nSPS) is 13.1. The van der Waals surface area contributed by atoms with Gasteiger partial charge in [-0.1, -0.05) is 42.0 Å². The molecule has 116 valence electrons. The van der Waals surface area contributed by atoms with Crippen LogP contribution in [0.15, 0.2) is 38.9 Å². The van der Waals surface area contributed by atoms with Crippen molar-refractivity contribution < 1.29 is 8.42 Å². The van der Waals surface area contributed by atoms with Crippen LogP contribution in [0.4, 0.5) is 0 Å². The Morgan fingerprint density at radius 3 is 2.64 bits per heavy atom. The summed E-state index contributed by atoms with van der Waals surface area (Å²) < 4.78 is 32.2. The molecule has 22 heavy (non-hydrogen) atoms. The SMILES string of the molecule is CCc1cccc2sc(=NS(=O)(=O)c3ccc(Cl)s3)n(C)c12. The highest BCUT2D eigenvalue weighted by Gasteiger charge is 2.17. The van der Waals surface area contributed by atoms with Crippen LogP contribution in [-0.2, 0) is 23.5 Å². The lowest BCUT2D eigenvalue weighted by Gasteiger charge is -2.01. The Bertz CT molecular complexity index is 1010. The number of thiophene rings is 1. The van der Waals surface area contributed by atoms with E-state index in [1.165, 1.54) is 23.0 Å². The molecule has 0 aliphatic carbocycles. The first-order valence-electron chi connectivity index (χ1n) is 6.56. The van der Waals surface area contributed by atoms with Gasteiger partial charge in [0.1, 0.15) is 4.21 Å². The van der Waals surface area contributed by atoms with Gasteiger partial charge in [-0.2, -0.15) is 8.42 Å². The lowest BCUT2D eigenvalue weighted by atomic mass is 10.1. The highest BCUT2D eigenvalue weighted by atomic mass is 35.5. The zero-order valence-electron chi connectivity index (χ0n) is 11.9. The van der Waals surface area contributed by atoms with Crippen LogP contribution in [0.1, 0.15) is 12.5 Å². The monoisotopic (exact) mass is 372 g/mol. The van der Waals surface area contributed by atoms with E-state index in [0.717, 1.165) is 28.0 Å². The van der Waals surface area contributed by atoms with Gasteiger partial charge >= 0.3 is 0 Å². The van der Waals surface area contributed by atoms with E-state index in [0.29, 0.717) is 9.14 Å². The molecule has 2 heterocycles. The van der Waals surface area contributed by atoms with Gasteiger partial charge in [0.2, 0.25) is 4.80 Å². The molecule has 8 heteroatoms. The van der Waals surface area contributed by atoms with E-state index < -0.39 is 10.0 Å². The second-order valence-electron chi connectivity index (χ2n) is 4.69. The average Bonchev–Trinajstić information content (AvgIpc) is 3.04. The molecular weight excluding hydrogens is 360 g/mol. The highest BCUT2D eigenvalue weighted by molar-refractivity contribution is 7.92. The second-order valence-corrected chi connectivity index (χ2v) is 9.24. The topological polar surface area (TPSA) is 51.4 Å². The summed E-state index contributed by atoms with van der Waals surface area (Å²) in [7, 11) is -1.89. The molecular formula is C14H13ClN2O2S3. The van der Waals surface area contributed by atoms with Crippen LogP contribution in [0, 0.1) is 0 Å². The molecule has 4 nitrogen and oxygen atoms in total. The zero-order chi connectivity index (χ0) is 15.9. The van der Waals surface area contributed by atoms with Crippen molar-refractivity contribution in [3.05, 3.63) is 45.0 Å². The molecule has 0 saturated carbocycles. The number of hydrogen-bond donors (Lipinski definition) is 0. The fourth-order valence-electron chi connectivity index (χ4n) is 2.24. The predicted octanol–water partition coefficient (Wildman–Crippen LogP) is 3.81. The third kappa shape index (κ3) is 2.74. The molecule has 0 spiro atoms. The lowest BCUT2D eigenvalue weighted by molar-refractivity contribution is 0.598. The van der Waals surface area contributed by atoms with Crippen LogP contribution in [0.3, 0.4) is 0 Å². The van der Waals surface area contributed by atoms with Gasteiger partial charge in [-0.05, 0) is 30.2 Å². The summed E-state index contributed by atoms with van der Waals surface area (Å²) in [5.41, 5.74) is 2.21. The van der Waals surface area contributed by atoms with Crippen LogP contribution >= 0.6 is 34.3 Å². The molecule has 0 aliphatic rings. The molecule has 0 amide bonds. The van der Waals surface area contributed by atoms with Crippen molar-refractivity contribution in [2.75, 3.05) is 0 Å². The number of thiazole rings is 1. The third-order valence-electron chi connectivity index (χ3n) is 3.29. The quantitative estimate of drug-likeness (QED) is 0.702. The highest BCUT2D eigenvalue weighted by Crippen LogP contribution is 2.27. The molecule has 0 atom stereocenters. The van der Waals surface area contributed by atoms with E-state index >= 15 is 0 Å². The summed E-state index contributed by atoms with van der Waals surface area (Å²) >= 11 is 8.20. The molecule has 0 N–H and O–H groups in total. The van der Waals surface area contributed by atoms with E-state index in [9.17, 15) is 8.42 Å². The Morgan fingerprint density at radius 1 is 1.23 bits per heavy atom. The molecule has 3 aromatic rings. The molecule has 0 unspecified atom stereocenters. The van der Waals surface area contributed by atoms with Gasteiger partial charge in [-0.25, -0.2) is 0 Å². The van der Waals surface area contributed by atoms with E-state index in [-0.39, 0.29) is 4.21 Å². The predicted molar refractivity (Wildman–Crippen MR) is 92.3 cm³/mol. The van der Waals surface area contributed by atoms with Crippen molar-refractivity contribution in [3.63, 3.8) is 0 Å². The van der Waals surface area contributed by atoms with E-state index in [1.807, 2.05) is 29.8 Å². The maximum atomic E-state index is 12.4. The van der Waals surface area contributed by atoms with Crippen molar-refractivity contribution in [1.29, 1.82) is 0 Å². The number of benzene rings is 1. The average molecular weight is 373 g/mol. The van der Waals surface area contributed by atoms with Crippen molar-refractivity contribution in [2.45, 2.75) is 17.6 Å². The maximum Gasteiger partial charge on any atom is 0.294 e. The maximum absolute atomic E-state index is 12.4. The first-order valence-corrected chi connectivity index (χ1v) is 10.0. The molecule has 0 saturated heterocycles. The number of hydrogen-bond acceptors (Lipinski definition) is 4. The number of para-hydroxylation sites is 1. The molecule has 0 fully saturated rings. The van der Waals surface area contributed by atoms with E-state index in [4.69, 9.17) is 11.6 Å². The first kappa shape index (κ1) is 15.7. The van der Waals surface area contributed by atoms with E-state index in [2.05, 4.69) is 11.3 Å². The standard InChI is InChI=1S/C14H13ClN2O2S3/c1-3-9-5-4-6-10-13(9)17(2)14(20-10)16-22(18,19)12-8-7-11(15)21-12/h4-8H,3H2,1-2H3. The van der Waals surface area contributed by atoms with Crippen LogP contribution in [0.2, 0.25) is 4.34 Å². The smallest absolute Gasteiger partial charge is 0.294 e. The fourth-order valence-corrected chi connectivity index (χ4v) is 6.00. The fraction of sp³-hybridized carbons (Fsp3) is 0.214. The van der Waals surface area contributed by atoms with Crippen molar-refractivity contribution in [1.82, 2.24) is 4.57 Å². The van der Waals surface area contributed by atoms with Crippen LogP contribution in [0.5, 0.6) is 0 Å². The minimum Gasteiger partial charge on any atom is -0.319 e. The van der Waals surface area contributed by atoms with Crippen molar-refractivity contribution >= 4 is 54.5 Å². The van der Waals surface area contributed by atoms with Crippen molar-refractivity contribution in [2.24, 2.45) is 11.4 Å². The lowest BCUT2D eigenvalue weighted by Crippen LogP contribution is -2.13. The van der Waals surface area contributed by atoms with Crippen molar-refractivity contribution in [3.8, 4) is 0 Å². The Kier molecular flexibility index (Phi) is 4.15. The van der Waals surface area contributed by atoms with Crippen LogP contribution in [-0.4, -0.2) is 13.0 Å².